The fourth-order valence-electron chi connectivity index (χ4n) is 3.94. The Morgan fingerprint density at radius 1 is 0.950 bits per heavy atom. The zero-order valence-corrected chi connectivity index (χ0v) is 13.6. The Balaban J connectivity index is 1.62. The van der Waals surface area contributed by atoms with E-state index in [0.717, 1.165) is 18.3 Å². The van der Waals surface area contributed by atoms with Gasteiger partial charge in [0.15, 0.2) is 0 Å². The third-order valence-corrected chi connectivity index (χ3v) is 6.11. The largest absolute Gasteiger partial charge is 0.490 e. The molecule has 0 spiro atoms. The van der Waals surface area contributed by atoms with Crippen LogP contribution < -0.4 is 0 Å². The molecule has 20 heavy (non-hydrogen) atoms. The highest BCUT2D eigenvalue weighted by atomic mass is 16.7. The normalized spacial score (nSPS) is 33.5. The molecule has 1 aliphatic heterocycles. The second-order valence-corrected chi connectivity index (χ2v) is 7.95. The van der Waals surface area contributed by atoms with Gasteiger partial charge in [0.1, 0.15) is 0 Å². The number of hydrogen-bond donors (Lipinski definition) is 0. The van der Waals surface area contributed by atoms with E-state index in [-0.39, 0.29) is 18.3 Å². The summed E-state index contributed by atoms with van der Waals surface area (Å²) in [5, 5.41) is 0. The zero-order chi connectivity index (χ0) is 14.4. The van der Waals surface area contributed by atoms with Gasteiger partial charge in [-0.1, -0.05) is 31.8 Å². The Morgan fingerprint density at radius 3 is 2.05 bits per heavy atom. The van der Waals surface area contributed by atoms with E-state index in [1.807, 2.05) is 0 Å². The van der Waals surface area contributed by atoms with Gasteiger partial charge in [0, 0.05) is 0 Å². The average Bonchev–Trinajstić information content (AvgIpc) is 2.97. The van der Waals surface area contributed by atoms with Crippen molar-refractivity contribution in [3.63, 3.8) is 0 Å². The Kier molecular flexibility index (Phi) is 3.79. The van der Waals surface area contributed by atoms with Crippen molar-refractivity contribution in [3.8, 4) is 0 Å². The summed E-state index contributed by atoms with van der Waals surface area (Å²) in [5.41, 5.74) is 0.972. The second-order valence-electron chi connectivity index (χ2n) is 7.95. The van der Waals surface area contributed by atoms with Crippen LogP contribution in [-0.2, 0) is 9.31 Å². The van der Waals surface area contributed by atoms with E-state index in [1.54, 1.807) is 0 Å². The Labute approximate surface area is 124 Å². The fourth-order valence-corrected chi connectivity index (χ4v) is 3.94. The van der Waals surface area contributed by atoms with E-state index in [4.69, 9.17) is 9.31 Å². The monoisotopic (exact) mass is 276 g/mol. The summed E-state index contributed by atoms with van der Waals surface area (Å²) in [7, 11) is -0.107. The van der Waals surface area contributed by atoms with Crippen LogP contribution in [0.2, 0.25) is 0 Å². The molecule has 1 saturated heterocycles. The van der Waals surface area contributed by atoms with Crippen LogP contribution in [0.25, 0.3) is 0 Å². The van der Waals surface area contributed by atoms with E-state index in [1.165, 1.54) is 44.0 Å². The molecule has 112 valence electrons. The van der Waals surface area contributed by atoms with E-state index < -0.39 is 0 Å². The minimum atomic E-state index is -0.208. The molecular weight excluding hydrogens is 247 g/mol. The van der Waals surface area contributed by atoms with Crippen LogP contribution in [0.3, 0.4) is 0 Å². The standard InChI is InChI=1S/C17H29BO2/c1-16(2)17(3,4)20-18(19-16)15-11-9-14(10-12-15)13-7-5-6-8-13/h11,13-14H,5-10,12H2,1-4H3. The molecule has 1 unspecified atom stereocenters. The van der Waals surface area contributed by atoms with Gasteiger partial charge in [-0.2, -0.15) is 0 Å². The first kappa shape index (κ1) is 14.7. The molecule has 0 amide bonds. The first-order valence-electron chi connectivity index (χ1n) is 8.44. The summed E-state index contributed by atoms with van der Waals surface area (Å²) in [4.78, 5) is 0. The van der Waals surface area contributed by atoms with Gasteiger partial charge < -0.3 is 9.31 Å². The van der Waals surface area contributed by atoms with Crippen molar-refractivity contribution >= 4 is 7.12 Å². The predicted octanol–water partition coefficient (Wildman–Crippen LogP) is 4.53. The third-order valence-electron chi connectivity index (χ3n) is 6.11. The van der Waals surface area contributed by atoms with E-state index in [2.05, 4.69) is 33.8 Å². The van der Waals surface area contributed by atoms with Gasteiger partial charge in [0.2, 0.25) is 0 Å². The lowest BCUT2D eigenvalue weighted by Crippen LogP contribution is -2.41. The van der Waals surface area contributed by atoms with Crippen LogP contribution in [0, 0.1) is 11.8 Å². The third kappa shape index (κ3) is 2.59. The van der Waals surface area contributed by atoms with Crippen LogP contribution in [-0.4, -0.2) is 18.3 Å². The smallest absolute Gasteiger partial charge is 0.400 e. The molecule has 3 aliphatic rings. The maximum atomic E-state index is 6.17. The molecule has 0 aromatic rings. The van der Waals surface area contributed by atoms with Gasteiger partial charge >= 0.3 is 7.12 Å². The maximum Gasteiger partial charge on any atom is 0.490 e. The lowest BCUT2D eigenvalue weighted by Gasteiger charge is -2.32. The Hall–Kier alpha value is -0.275. The molecule has 2 fully saturated rings. The van der Waals surface area contributed by atoms with Crippen molar-refractivity contribution in [2.75, 3.05) is 0 Å². The SMILES string of the molecule is CC1(C)OB(C2=CCC(C3CCCC3)CC2)OC1(C)C. The van der Waals surface area contributed by atoms with E-state index in [0.29, 0.717) is 0 Å². The van der Waals surface area contributed by atoms with Gasteiger partial charge in [-0.3, -0.25) is 0 Å². The first-order valence-corrected chi connectivity index (χ1v) is 8.44. The van der Waals surface area contributed by atoms with Crippen LogP contribution in [0.4, 0.5) is 0 Å². The van der Waals surface area contributed by atoms with Gasteiger partial charge in [-0.15, -0.1) is 0 Å². The van der Waals surface area contributed by atoms with Crippen LogP contribution in [0.1, 0.15) is 72.6 Å². The lowest BCUT2D eigenvalue weighted by atomic mass is 9.68. The fraction of sp³-hybridized carbons (Fsp3) is 0.882. The summed E-state index contributed by atoms with van der Waals surface area (Å²) >= 11 is 0. The molecule has 1 saturated carbocycles. The van der Waals surface area contributed by atoms with Gasteiger partial charge in [-0.25, -0.2) is 0 Å². The molecule has 3 rings (SSSR count). The quantitative estimate of drug-likeness (QED) is 0.690. The molecular formula is C17H29BO2. The summed E-state index contributed by atoms with van der Waals surface area (Å²) < 4.78 is 12.3. The van der Waals surface area contributed by atoms with Crippen molar-refractivity contribution in [2.45, 2.75) is 83.8 Å². The maximum absolute atomic E-state index is 6.17. The highest BCUT2D eigenvalue weighted by molar-refractivity contribution is 6.54. The summed E-state index contributed by atoms with van der Waals surface area (Å²) in [6.45, 7) is 8.55. The average molecular weight is 276 g/mol. The number of rotatable bonds is 2. The number of hydrogen-bond acceptors (Lipinski definition) is 2. The first-order chi connectivity index (χ1) is 9.39. The van der Waals surface area contributed by atoms with E-state index >= 15 is 0 Å². The summed E-state index contributed by atoms with van der Waals surface area (Å²) in [6, 6.07) is 0. The molecule has 2 aliphatic carbocycles. The van der Waals surface area contributed by atoms with Crippen LogP contribution in [0.15, 0.2) is 11.5 Å². The highest BCUT2D eigenvalue weighted by Crippen LogP contribution is 2.43. The molecule has 2 nitrogen and oxygen atoms in total. The molecule has 3 heteroatoms. The van der Waals surface area contributed by atoms with Crippen molar-refractivity contribution in [3.05, 3.63) is 11.5 Å². The summed E-state index contributed by atoms with van der Waals surface area (Å²) in [6.07, 6.45) is 12.0. The van der Waals surface area contributed by atoms with Gasteiger partial charge in [-0.05, 0) is 64.3 Å². The molecule has 0 aromatic heterocycles. The topological polar surface area (TPSA) is 18.5 Å². The van der Waals surface area contributed by atoms with Crippen molar-refractivity contribution in [1.29, 1.82) is 0 Å². The van der Waals surface area contributed by atoms with Gasteiger partial charge in [0.05, 0.1) is 11.2 Å². The molecule has 0 radical (unpaired) electrons. The van der Waals surface area contributed by atoms with Gasteiger partial charge in [0.25, 0.3) is 0 Å². The van der Waals surface area contributed by atoms with E-state index in [9.17, 15) is 0 Å². The Morgan fingerprint density at radius 2 is 1.55 bits per heavy atom. The molecule has 0 N–H and O–H groups in total. The van der Waals surface area contributed by atoms with Crippen LogP contribution in [0.5, 0.6) is 0 Å². The van der Waals surface area contributed by atoms with Crippen molar-refractivity contribution < 1.29 is 9.31 Å². The predicted molar refractivity (Wildman–Crippen MR) is 83.5 cm³/mol. The van der Waals surface area contributed by atoms with Crippen LogP contribution >= 0.6 is 0 Å². The highest BCUT2D eigenvalue weighted by Gasteiger charge is 2.52. The minimum absolute atomic E-state index is 0.107. The Bertz CT molecular complexity index is 378. The zero-order valence-electron chi connectivity index (χ0n) is 13.6. The van der Waals surface area contributed by atoms with Crippen molar-refractivity contribution in [1.82, 2.24) is 0 Å². The molecule has 1 atom stereocenters. The lowest BCUT2D eigenvalue weighted by molar-refractivity contribution is 0.00578. The van der Waals surface area contributed by atoms with Crippen molar-refractivity contribution in [2.24, 2.45) is 11.8 Å². The minimum Gasteiger partial charge on any atom is -0.400 e. The number of allylic oxidation sites excluding steroid dienone is 2. The molecule has 0 aromatic carbocycles. The summed E-state index contributed by atoms with van der Waals surface area (Å²) in [5.74, 6) is 1.91. The second kappa shape index (κ2) is 5.17. The molecule has 0 bridgehead atoms. The molecule has 1 heterocycles.